The Labute approximate surface area is 175 Å². The summed E-state index contributed by atoms with van der Waals surface area (Å²) in [6.07, 6.45) is -3.72. The molecule has 0 saturated heterocycles. The van der Waals surface area contributed by atoms with Gasteiger partial charge in [-0.15, -0.1) is 0 Å². The minimum Gasteiger partial charge on any atom is -0.489 e. The van der Waals surface area contributed by atoms with Crippen LogP contribution in [0.25, 0.3) is 0 Å². The van der Waals surface area contributed by atoms with Gasteiger partial charge in [0.1, 0.15) is 18.1 Å². The predicted molar refractivity (Wildman–Crippen MR) is 110 cm³/mol. The largest absolute Gasteiger partial charge is 0.489 e. The average Bonchev–Trinajstić information content (AvgIpc) is 2.72. The summed E-state index contributed by atoms with van der Waals surface area (Å²) < 4.78 is 43.4. The fraction of sp³-hybridized carbons (Fsp3) is 0.0952. The number of thiocarbonyl (C=S) groups is 1. The summed E-state index contributed by atoms with van der Waals surface area (Å²) in [6, 6.07) is 18.4. The first-order chi connectivity index (χ1) is 14.3. The summed E-state index contributed by atoms with van der Waals surface area (Å²) in [5, 5.41) is 5.22. The molecule has 0 radical (unpaired) electrons. The molecule has 154 valence electrons. The van der Waals surface area contributed by atoms with Crippen molar-refractivity contribution in [1.29, 1.82) is 0 Å². The smallest absolute Gasteiger partial charge is 0.433 e. The van der Waals surface area contributed by atoms with E-state index in [-0.39, 0.29) is 10.7 Å². The van der Waals surface area contributed by atoms with Crippen LogP contribution < -0.4 is 15.4 Å². The second kappa shape index (κ2) is 9.36. The summed E-state index contributed by atoms with van der Waals surface area (Å²) in [5.41, 5.74) is 0.472. The Morgan fingerprint density at radius 1 is 1.03 bits per heavy atom. The van der Waals surface area contributed by atoms with Crippen LogP contribution in [0.4, 0.5) is 18.9 Å². The molecule has 3 rings (SSSR count). The lowest BCUT2D eigenvalue weighted by molar-refractivity contribution is -0.141. The average molecular weight is 431 g/mol. The van der Waals surface area contributed by atoms with Gasteiger partial charge in [-0.2, -0.15) is 13.2 Å². The SMILES string of the molecule is O=C(NC(=S)Nc1cccc(OCc2ccccc2)c1)c1ccc(C(F)(F)F)nc1. The van der Waals surface area contributed by atoms with Crippen molar-refractivity contribution < 1.29 is 22.7 Å². The number of benzene rings is 2. The monoisotopic (exact) mass is 431 g/mol. The first-order valence-corrected chi connectivity index (χ1v) is 9.14. The van der Waals surface area contributed by atoms with E-state index in [1.807, 2.05) is 30.3 Å². The zero-order valence-electron chi connectivity index (χ0n) is 15.4. The number of amides is 1. The topological polar surface area (TPSA) is 63.2 Å². The van der Waals surface area contributed by atoms with Gasteiger partial charge >= 0.3 is 6.18 Å². The Hall–Kier alpha value is -3.46. The molecule has 0 bridgehead atoms. The van der Waals surface area contributed by atoms with Crippen LogP contribution in [0.15, 0.2) is 72.9 Å². The van der Waals surface area contributed by atoms with Crippen molar-refractivity contribution in [1.82, 2.24) is 10.3 Å². The van der Waals surface area contributed by atoms with Crippen molar-refractivity contribution >= 4 is 28.9 Å². The Bertz CT molecular complexity index is 1030. The lowest BCUT2D eigenvalue weighted by atomic mass is 10.2. The third-order valence-electron chi connectivity index (χ3n) is 3.88. The molecule has 0 atom stereocenters. The molecule has 2 N–H and O–H groups in total. The maximum Gasteiger partial charge on any atom is 0.433 e. The van der Waals surface area contributed by atoms with Gasteiger partial charge in [0.2, 0.25) is 0 Å². The van der Waals surface area contributed by atoms with Crippen LogP contribution in [0, 0.1) is 0 Å². The molecular weight excluding hydrogens is 415 g/mol. The number of hydrogen-bond donors (Lipinski definition) is 2. The van der Waals surface area contributed by atoms with E-state index in [2.05, 4.69) is 15.6 Å². The number of rotatable bonds is 5. The molecular formula is C21H16F3N3O2S. The number of carbonyl (C=O) groups is 1. The Balaban J connectivity index is 1.56. The molecule has 0 unspecified atom stereocenters. The maximum absolute atomic E-state index is 12.6. The maximum atomic E-state index is 12.6. The van der Waals surface area contributed by atoms with Crippen molar-refractivity contribution in [2.45, 2.75) is 12.8 Å². The van der Waals surface area contributed by atoms with Crippen LogP contribution in [-0.4, -0.2) is 16.0 Å². The highest BCUT2D eigenvalue weighted by atomic mass is 32.1. The van der Waals surface area contributed by atoms with Crippen LogP contribution in [0.5, 0.6) is 5.75 Å². The zero-order chi connectivity index (χ0) is 21.6. The summed E-state index contributed by atoms with van der Waals surface area (Å²) in [4.78, 5) is 15.4. The number of hydrogen-bond acceptors (Lipinski definition) is 4. The number of alkyl halides is 3. The number of anilines is 1. The Kier molecular flexibility index (Phi) is 6.63. The Morgan fingerprint density at radius 2 is 1.80 bits per heavy atom. The number of ether oxygens (including phenoxy) is 1. The quantitative estimate of drug-likeness (QED) is 0.568. The number of halogens is 3. The van der Waals surface area contributed by atoms with E-state index >= 15 is 0 Å². The first kappa shape index (κ1) is 21.3. The van der Waals surface area contributed by atoms with Crippen LogP contribution in [0.1, 0.15) is 21.6 Å². The molecule has 0 saturated carbocycles. The molecule has 0 aliphatic heterocycles. The van der Waals surface area contributed by atoms with E-state index in [4.69, 9.17) is 17.0 Å². The van der Waals surface area contributed by atoms with Crippen LogP contribution in [-0.2, 0) is 12.8 Å². The minimum absolute atomic E-state index is 0.0138. The van der Waals surface area contributed by atoms with E-state index in [0.717, 1.165) is 23.9 Å². The number of nitrogens with one attached hydrogen (secondary N) is 2. The van der Waals surface area contributed by atoms with Gasteiger partial charge in [0.25, 0.3) is 5.91 Å². The normalized spacial score (nSPS) is 10.9. The van der Waals surface area contributed by atoms with Crippen LogP contribution in [0.2, 0.25) is 0 Å². The van der Waals surface area contributed by atoms with Crippen molar-refractivity contribution in [3.05, 3.63) is 89.7 Å². The summed E-state index contributed by atoms with van der Waals surface area (Å²) >= 11 is 5.10. The molecule has 9 heteroatoms. The Morgan fingerprint density at radius 3 is 2.47 bits per heavy atom. The number of nitrogens with zero attached hydrogens (tertiary/aromatic N) is 1. The molecule has 3 aromatic rings. The highest BCUT2D eigenvalue weighted by Crippen LogP contribution is 2.27. The van der Waals surface area contributed by atoms with Crippen LogP contribution >= 0.6 is 12.2 Å². The van der Waals surface area contributed by atoms with E-state index in [0.29, 0.717) is 18.0 Å². The fourth-order valence-electron chi connectivity index (χ4n) is 2.44. The van der Waals surface area contributed by atoms with Crippen molar-refractivity contribution in [3.63, 3.8) is 0 Å². The third-order valence-corrected chi connectivity index (χ3v) is 4.09. The standard InChI is InChI=1S/C21H16F3N3O2S/c22-21(23,24)18-10-9-15(12-25-18)19(28)27-20(30)26-16-7-4-8-17(11-16)29-13-14-5-2-1-3-6-14/h1-12H,13H2,(H2,26,27,28,30). The highest BCUT2D eigenvalue weighted by Gasteiger charge is 2.32. The number of aromatic nitrogens is 1. The molecule has 1 heterocycles. The van der Waals surface area contributed by atoms with E-state index in [1.165, 1.54) is 0 Å². The molecule has 2 aromatic carbocycles. The van der Waals surface area contributed by atoms with Gasteiger partial charge in [-0.3, -0.25) is 15.1 Å². The molecule has 0 aliphatic carbocycles. The van der Waals surface area contributed by atoms with Crippen molar-refractivity contribution in [2.75, 3.05) is 5.32 Å². The second-order valence-corrected chi connectivity index (χ2v) is 6.55. The lowest BCUT2D eigenvalue weighted by Gasteiger charge is -2.12. The predicted octanol–water partition coefficient (Wildman–Crippen LogP) is 4.81. The first-order valence-electron chi connectivity index (χ1n) is 8.73. The molecule has 1 aromatic heterocycles. The molecule has 0 aliphatic rings. The third kappa shape index (κ3) is 6.02. The van der Waals surface area contributed by atoms with Gasteiger partial charge in [0, 0.05) is 18.0 Å². The minimum atomic E-state index is -4.57. The van der Waals surface area contributed by atoms with Gasteiger partial charge in [0.05, 0.1) is 5.56 Å². The highest BCUT2D eigenvalue weighted by molar-refractivity contribution is 7.80. The second-order valence-electron chi connectivity index (χ2n) is 6.14. The molecule has 30 heavy (non-hydrogen) atoms. The van der Waals surface area contributed by atoms with Gasteiger partial charge in [-0.05, 0) is 42.0 Å². The lowest BCUT2D eigenvalue weighted by Crippen LogP contribution is -2.34. The summed E-state index contributed by atoms with van der Waals surface area (Å²) in [6.45, 7) is 0.395. The van der Waals surface area contributed by atoms with Gasteiger partial charge < -0.3 is 10.1 Å². The molecule has 0 fully saturated rings. The van der Waals surface area contributed by atoms with E-state index in [9.17, 15) is 18.0 Å². The van der Waals surface area contributed by atoms with Gasteiger partial charge in [-0.1, -0.05) is 36.4 Å². The van der Waals surface area contributed by atoms with Gasteiger partial charge in [0.15, 0.2) is 5.11 Å². The summed E-state index contributed by atoms with van der Waals surface area (Å²) in [5.74, 6) is -0.0740. The van der Waals surface area contributed by atoms with Crippen molar-refractivity contribution in [2.24, 2.45) is 0 Å². The number of pyridine rings is 1. The zero-order valence-corrected chi connectivity index (χ0v) is 16.3. The van der Waals surface area contributed by atoms with Crippen LogP contribution in [0.3, 0.4) is 0 Å². The van der Waals surface area contributed by atoms with E-state index < -0.39 is 17.8 Å². The molecule has 5 nitrogen and oxygen atoms in total. The van der Waals surface area contributed by atoms with Gasteiger partial charge in [-0.25, -0.2) is 0 Å². The molecule has 0 spiro atoms. The fourth-order valence-corrected chi connectivity index (χ4v) is 2.65. The van der Waals surface area contributed by atoms with E-state index in [1.54, 1.807) is 24.3 Å². The van der Waals surface area contributed by atoms with Crippen molar-refractivity contribution in [3.8, 4) is 5.75 Å². The number of carbonyl (C=O) groups excluding carboxylic acids is 1. The molecule has 1 amide bonds. The summed E-state index contributed by atoms with van der Waals surface area (Å²) in [7, 11) is 0.